The van der Waals surface area contributed by atoms with Gasteiger partial charge in [-0.05, 0) is 25.0 Å². The first kappa shape index (κ1) is 18.4. The molecule has 1 N–H and O–H groups in total. The average molecular weight is 368 g/mol. The van der Waals surface area contributed by atoms with Gasteiger partial charge in [0.1, 0.15) is 6.04 Å². The minimum absolute atomic E-state index is 0.0714. The summed E-state index contributed by atoms with van der Waals surface area (Å²) in [4.78, 5) is 16.7. The van der Waals surface area contributed by atoms with Crippen molar-refractivity contribution >= 4 is 5.91 Å². The molecular weight excluding hydrogens is 349 g/mol. The van der Waals surface area contributed by atoms with E-state index in [1.807, 2.05) is 0 Å². The summed E-state index contributed by atoms with van der Waals surface area (Å²) in [6, 6.07) is 0.988. The van der Waals surface area contributed by atoms with Crippen molar-refractivity contribution in [1.29, 1.82) is 0 Å². The first-order chi connectivity index (χ1) is 12.3. The van der Waals surface area contributed by atoms with Crippen molar-refractivity contribution in [3.8, 4) is 11.3 Å². The Morgan fingerprint density at radius 1 is 1.50 bits per heavy atom. The van der Waals surface area contributed by atoms with Crippen molar-refractivity contribution in [1.82, 2.24) is 20.1 Å². The number of aromatic nitrogens is 3. The number of halogens is 3. The summed E-state index contributed by atoms with van der Waals surface area (Å²) >= 11 is 0. The highest BCUT2D eigenvalue weighted by Gasteiger charge is 2.42. The van der Waals surface area contributed by atoms with E-state index in [9.17, 15) is 18.0 Å². The largest absolute Gasteiger partial charge is 0.408 e. The molecule has 9 heteroatoms. The molecule has 1 aliphatic heterocycles. The number of carbonyl (C=O) groups excluding carboxylic acids is 1. The lowest BCUT2D eigenvalue weighted by Crippen LogP contribution is -2.47. The molecule has 3 rings (SSSR count). The van der Waals surface area contributed by atoms with Crippen molar-refractivity contribution in [3.05, 3.63) is 36.3 Å². The number of carbonyl (C=O) groups is 1. The van der Waals surface area contributed by atoms with Crippen LogP contribution in [0.2, 0.25) is 0 Å². The average Bonchev–Trinajstić information content (AvgIpc) is 3.25. The molecule has 0 bridgehead atoms. The highest BCUT2D eigenvalue weighted by Crippen LogP contribution is 2.28. The lowest BCUT2D eigenvalue weighted by molar-refractivity contribution is -0.160. The minimum atomic E-state index is -4.56. The van der Waals surface area contributed by atoms with E-state index in [0.717, 1.165) is 6.42 Å². The van der Waals surface area contributed by atoms with Crippen molar-refractivity contribution in [3.63, 3.8) is 0 Å². The third kappa shape index (κ3) is 4.21. The van der Waals surface area contributed by atoms with E-state index in [1.165, 1.54) is 29.2 Å². The van der Waals surface area contributed by atoms with Gasteiger partial charge in [0.2, 0.25) is 0 Å². The van der Waals surface area contributed by atoms with Gasteiger partial charge >= 0.3 is 6.18 Å². The molecule has 3 heterocycles. The van der Waals surface area contributed by atoms with Crippen molar-refractivity contribution in [2.45, 2.75) is 37.6 Å². The maximum atomic E-state index is 13.4. The van der Waals surface area contributed by atoms with Gasteiger partial charge in [0.05, 0.1) is 23.6 Å². The van der Waals surface area contributed by atoms with Crippen LogP contribution in [0.3, 0.4) is 0 Å². The molecule has 0 aliphatic carbocycles. The molecule has 1 fully saturated rings. The predicted octanol–water partition coefficient (Wildman–Crippen LogP) is 2.71. The van der Waals surface area contributed by atoms with Gasteiger partial charge in [0, 0.05) is 38.0 Å². The normalized spacial score (nSPS) is 18.7. The maximum Gasteiger partial charge on any atom is 0.408 e. The SMILES string of the molecule is Cn1cc(-c2ncccc2C(=O)NC(CC2CCCO2)C(F)(F)F)cn1. The lowest BCUT2D eigenvalue weighted by atomic mass is 10.0. The van der Waals surface area contributed by atoms with Gasteiger partial charge in [0.25, 0.3) is 5.91 Å². The number of rotatable bonds is 5. The van der Waals surface area contributed by atoms with Gasteiger partial charge in [-0.25, -0.2) is 0 Å². The van der Waals surface area contributed by atoms with Crippen LogP contribution in [0.5, 0.6) is 0 Å². The summed E-state index contributed by atoms with van der Waals surface area (Å²) in [7, 11) is 1.70. The second-order valence-corrected chi connectivity index (χ2v) is 6.24. The monoisotopic (exact) mass is 368 g/mol. The summed E-state index contributed by atoms with van der Waals surface area (Å²) < 4.78 is 46.9. The molecule has 0 saturated carbocycles. The topological polar surface area (TPSA) is 69.0 Å². The Morgan fingerprint density at radius 2 is 2.31 bits per heavy atom. The van der Waals surface area contributed by atoms with Crippen LogP contribution < -0.4 is 5.32 Å². The van der Waals surface area contributed by atoms with Crippen LogP contribution in [0.4, 0.5) is 13.2 Å². The molecule has 6 nitrogen and oxygen atoms in total. The van der Waals surface area contributed by atoms with E-state index >= 15 is 0 Å². The summed E-state index contributed by atoms with van der Waals surface area (Å²) in [5.41, 5.74) is 0.916. The zero-order chi connectivity index (χ0) is 18.7. The Hall–Kier alpha value is -2.42. The van der Waals surface area contributed by atoms with E-state index in [-0.39, 0.29) is 17.7 Å². The van der Waals surface area contributed by atoms with Crippen LogP contribution in [-0.2, 0) is 11.8 Å². The quantitative estimate of drug-likeness (QED) is 0.881. The first-order valence-corrected chi connectivity index (χ1v) is 8.28. The van der Waals surface area contributed by atoms with E-state index in [0.29, 0.717) is 18.6 Å². The Labute approximate surface area is 148 Å². The van der Waals surface area contributed by atoms with Crippen LogP contribution in [0.1, 0.15) is 29.6 Å². The smallest absolute Gasteiger partial charge is 0.378 e. The number of nitrogens with zero attached hydrogens (tertiary/aromatic N) is 3. The Bertz CT molecular complexity index is 769. The van der Waals surface area contributed by atoms with Crippen LogP contribution in [0.15, 0.2) is 30.7 Å². The molecule has 0 spiro atoms. The molecular formula is C17H19F3N4O2. The van der Waals surface area contributed by atoms with Gasteiger partial charge in [-0.15, -0.1) is 0 Å². The number of nitrogens with one attached hydrogen (secondary N) is 1. The Kier molecular flexibility index (Phi) is 5.26. The highest BCUT2D eigenvalue weighted by molar-refractivity contribution is 5.99. The van der Waals surface area contributed by atoms with Gasteiger partial charge in [-0.2, -0.15) is 18.3 Å². The zero-order valence-corrected chi connectivity index (χ0v) is 14.2. The first-order valence-electron chi connectivity index (χ1n) is 8.28. The Balaban J connectivity index is 1.81. The summed E-state index contributed by atoms with van der Waals surface area (Å²) in [5, 5.41) is 6.12. The number of aryl methyl sites for hydroxylation is 1. The van der Waals surface area contributed by atoms with Gasteiger partial charge in [-0.1, -0.05) is 0 Å². The lowest BCUT2D eigenvalue weighted by Gasteiger charge is -2.24. The third-order valence-electron chi connectivity index (χ3n) is 4.25. The van der Waals surface area contributed by atoms with E-state index in [1.54, 1.807) is 13.2 Å². The fourth-order valence-electron chi connectivity index (χ4n) is 2.97. The summed E-state index contributed by atoms with van der Waals surface area (Å²) in [5.74, 6) is -0.822. The van der Waals surface area contributed by atoms with Crippen LogP contribution >= 0.6 is 0 Å². The highest BCUT2D eigenvalue weighted by atomic mass is 19.4. The second-order valence-electron chi connectivity index (χ2n) is 6.24. The van der Waals surface area contributed by atoms with Crippen molar-refractivity contribution in [2.24, 2.45) is 7.05 Å². The fourth-order valence-corrected chi connectivity index (χ4v) is 2.97. The molecule has 2 atom stereocenters. The Morgan fingerprint density at radius 3 is 2.92 bits per heavy atom. The maximum absolute atomic E-state index is 13.4. The van der Waals surface area contributed by atoms with Crippen molar-refractivity contribution in [2.75, 3.05) is 6.61 Å². The molecule has 2 unspecified atom stereocenters. The number of ether oxygens (including phenoxy) is 1. The van der Waals surface area contributed by atoms with Crippen LogP contribution in [0.25, 0.3) is 11.3 Å². The van der Waals surface area contributed by atoms with E-state index in [2.05, 4.69) is 15.4 Å². The molecule has 2 aromatic heterocycles. The number of alkyl halides is 3. The second kappa shape index (κ2) is 7.45. The van der Waals surface area contributed by atoms with Gasteiger partial charge in [0.15, 0.2) is 0 Å². The van der Waals surface area contributed by atoms with Crippen LogP contribution in [0, 0.1) is 0 Å². The molecule has 1 aliphatic rings. The van der Waals surface area contributed by atoms with Gasteiger partial charge < -0.3 is 10.1 Å². The molecule has 0 aromatic carbocycles. The van der Waals surface area contributed by atoms with E-state index in [4.69, 9.17) is 4.74 Å². The third-order valence-corrected chi connectivity index (χ3v) is 4.25. The molecule has 26 heavy (non-hydrogen) atoms. The van der Waals surface area contributed by atoms with Gasteiger partial charge in [-0.3, -0.25) is 14.5 Å². The zero-order valence-electron chi connectivity index (χ0n) is 14.2. The van der Waals surface area contributed by atoms with Crippen LogP contribution in [-0.4, -0.2) is 45.6 Å². The molecule has 2 aromatic rings. The fraction of sp³-hybridized carbons (Fsp3) is 0.471. The molecule has 1 amide bonds. The minimum Gasteiger partial charge on any atom is -0.378 e. The van der Waals surface area contributed by atoms with Crippen molar-refractivity contribution < 1.29 is 22.7 Å². The number of pyridine rings is 1. The molecule has 1 saturated heterocycles. The predicted molar refractivity (Wildman–Crippen MR) is 87.3 cm³/mol. The number of hydrogen-bond acceptors (Lipinski definition) is 4. The molecule has 0 radical (unpaired) electrons. The summed E-state index contributed by atoms with van der Waals surface area (Å²) in [6.45, 7) is 0.455. The summed E-state index contributed by atoms with van der Waals surface area (Å²) in [6.07, 6.45) is 0.587. The standard InChI is InChI=1S/C17H19F3N4O2/c1-24-10-11(9-22-24)15-13(5-2-6-21-15)16(25)23-14(17(18,19)20)8-12-4-3-7-26-12/h2,5-6,9-10,12,14H,3-4,7-8H2,1H3,(H,23,25). The number of amides is 1. The number of hydrogen-bond donors (Lipinski definition) is 1. The van der Waals surface area contributed by atoms with E-state index < -0.39 is 24.2 Å². The molecule has 140 valence electrons.